The first-order chi connectivity index (χ1) is 16.1. The van der Waals surface area contributed by atoms with E-state index in [2.05, 4.69) is 14.4 Å². The normalized spacial score (nSPS) is 13.1. The molecule has 3 rings (SSSR count). The Morgan fingerprint density at radius 1 is 1.06 bits per heavy atom. The van der Waals surface area contributed by atoms with Gasteiger partial charge in [0.15, 0.2) is 5.78 Å². The van der Waals surface area contributed by atoms with Gasteiger partial charge in [-0.1, -0.05) is 30.3 Å². The number of aromatic nitrogens is 1. The van der Waals surface area contributed by atoms with E-state index >= 15 is 0 Å². The standard InChI is InChI=1S/C22H28N3O7PS/c1-5-31-33(27,32-6-2)22(17-14-16-11-9-10-15(3)20(16)23-21(17)26)25-34(28,29)24-18-12-7-8-13-19(18)30-4/h7-14,22,24-25H,5-6H2,1-4H3,(H,23,26). The zero-order chi connectivity index (χ0) is 24.9. The van der Waals surface area contributed by atoms with E-state index in [-0.39, 0.29) is 30.2 Å². The summed E-state index contributed by atoms with van der Waals surface area (Å²) < 4.78 is 60.7. The van der Waals surface area contributed by atoms with Gasteiger partial charge in [0.1, 0.15) is 5.75 Å². The first-order valence-corrected chi connectivity index (χ1v) is 13.7. The highest BCUT2D eigenvalue weighted by Gasteiger charge is 2.41. The quantitative estimate of drug-likeness (QED) is 0.332. The molecule has 0 aliphatic heterocycles. The number of H-pyrrole nitrogens is 1. The zero-order valence-electron chi connectivity index (χ0n) is 19.3. The topological polar surface area (TPSA) is 136 Å². The van der Waals surface area contributed by atoms with Crippen molar-refractivity contribution in [1.82, 2.24) is 9.71 Å². The fraction of sp³-hybridized carbons (Fsp3) is 0.318. The van der Waals surface area contributed by atoms with Crippen LogP contribution in [-0.4, -0.2) is 33.7 Å². The van der Waals surface area contributed by atoms with E-state index in [0.717, 1.165) is 5.56 Å². The van der Waals surface area contributed by atoms with Gasteiger partial charge >= 0.3 is 7.60 Å². The Balaban J connectivity index is 2.13. The maximum Gasteiger partial charge on any atom is 0.353 e. The summed E-state index contributed by atoms with van der Waals surface area (Å²) in [5.74, 6) is -1.34. The number of ether oxygens (including phenoxy) is 1. The van der Waals surface area contributed by atoms with Gasteiger partial charge in [-0.15, -0.1) is 0 Å². The highest BCUT2D eigenvalue weighted by atomic mass is 32.2. The molecule has 0 saturated carbocycles. The smallest absolute Gasteiger partial charge is 0.353 e. The van der Waals surface area contributed by atoms with Crippen LogP contribution < -0.4 is 19.7 Å². The van der Waals surface area contributed by atoms with Crippen LogP contribution in [0.5, 0.6) is 5.75 Å². The number of nitrogens with one attached hydrogen (secondary N) is 3. The van der Waals surface area contributed by atoms with Gasteiger partial charge in [-0.25, -0.2) is 0 Å². The molecule has 0 saturated heterocycles. The van der Waals surface area contributed by atoms with Crippen molar-refractivity contribution < 1.29 is 26.8 Å². The molecule has 34 heavy (non-hydrogen) atoms. The van der Waals surface area contributed by atoms with Crippen LogP contribution >= 0.6 is 7.60 Å². The van der Waals surface area contributed by atoms with E-state index in [1.807, 2.05) is 13.0 Å². The second-order valence-corrected chi connectivity index (χ2v) is 10.9. The molecule has 1 unspecified atom stereocenters. The van der Waals surface area contributed by atoms with E-state index in [0.29, 0.717) is 10.9 Å². The molecule has 0 radical (unpaired) electrons. The molecule has 1 atom stereocenters. The number of fused-ring (bicyclic) bond motifs is 1. The minimum absolute atomic E-state index is 0.0277. The molecule has 1 aromatic heterocycles. The Hall–Kier alpha value is -2.69. The van der Waals surface area contributed by atoms with Gasteiger partial charge in [0.2, 0.25) is 0 Å². The van der Waals surface area contributed by atoms with Crippen LogP contribution in [0.1, 0.15) is 30.8 Å². The Morgan fingerprint density at radius 3 is 2.38 bits per heavy atom. The van der Waals surface area contributed by atoms with Gasteiger partial charge in [0.05, 0.1) is 31.5 Å². The number of aromatic amines is 1. The van der Waals surface area contributed by atoms with Crippen LogP contribution in [0.2, 0.25) is 0 Å². The van der Waals surface area contributed by atoms with Crippen molar-refractivity contribution in [3.8, 4) is 5.75 Å². The molecule has 0 amide bonds. The summed E-state index contributed by atoms with van der Waals surface area (Å²) in [7, 11) is -7.15. The summed E-state index contributed by atoms with van der Waals surface area (Å²) in [4.78, 5) is 15.8. The summed E-state index contributed by atoms with van der Waals surface area (Å²) in [6, 6.07) is 13.3. The van der Waals surface area contributed by atoms with Crippen molar-refractivity contribution in [3.63, 3.8) is 0 Å². The number of methoxy groups -OCH3 is 1. The number of benzene rings is 2. The number of hydrogen-bond donors (Lipinski definition) is 3. The highest BCUT2D eigenvalue weighted by molar-refractivity contribution is 7.91. The first kappa shape index (κ1) is 25.9. The molecule has 0 bridgehead atoms. The SMILES string of the molecule is CCOP(=O)(OCC)C(NS(=O)(=O)Nc1ccccc1OC)c1cc2cccc(C)c2[nH]c1=O. The van der Waals surface area contributed by atoms with Gasteiger partial charge in [0.25, 0.3) is 15.8 Å². The van der Waals surface area contributed by atoms with Crippen molar-refractivity contribution in [3.05, 3.63) is 70.0 Å². The first-order valence-electron chi connectivity index (χ1n) is 10.6. The average Bonchev–Trinajstić information content (AvgIpc) is 2.78. The maximum atomic E-state index is 13.7. The van der Waals surface area contributed by atoms with E-state index in [1.54, 1.807) is 44.2 Å². The molecule has 10 nitrogen and oxygen atoms in total. The van der Waals surface area contributed by atoms with E-state index in [4.69, 9.17) is 13.8 Å². The van der Waals surface area contributed by atoms with Crippen molar-refractivity contribution in [1.29, 1.82) is 0 Å². The number of hydrogen-bond acceptors (Lipinski definition) is 7. The van der Waals surface area contributed by atoms with Gasteiger partial charge in [0, 0.05) is 5.56 Å². The fourth-order valence-corrected chi connectivity index (χ4v) is 6.99. The van der Waals surface area contributed by atoms with Crippen LogP contribution in [0.3, 0.4) is 0 Å². The number of anilines is 1. The van der Waals surface area contributed by atoms with Crippen molar-refractivity contribution in [2.45, 2.75) is 26.6 Å². The molecular formula is C22H28N3O7PS. The van der Waals surface area contributed by atoms with Crippen molar-refractivity contribution in [2.75, 3.05) is 25.0 Å². The van der Waals surface area contributed by atoms with E-state index < -0.39 is 29.1 Å². The third-order valence-corrected chi connectivity index (χ3v) is 8.45. The predicted octanol–water partition coefficient (Wildman–Crippen LogP) is 4.06. The van der Waals surface area contributed by atoms with E-state index in [9.17, 15) is 17.8 Å². The Morgan fingerprint density at radius 2 is 1.74 bits per heavy atom. The number of pyridine rings is 1. The van der Waals surface area contributed by atoms with Gasteiger partial charge in [-0.2, -0.15) is 13.1 Å². The van der Waals surface area contributed by atoms with Crippen LogP contribution in [0.25, 0.3) is 10.9 Å². The van der Waals surface area contributed by atoms with Crippen LogP contribution in [0.4, 0.5) is 5.69 Å². The van der Waals surface area contributed by atoms with Crippen LogP contribution in [0.15, 0.2) is 53.3 Å². The summed E-state index contributed by atoms with van der Waals surface area (Å²) in [5, 5.41) is 0.635. The zero-order valence-corrected chi connectivity index (χ0v) is 21.0. The monoisotopic (exact) mass is 509 g/mol. The van der Waals surface area contributed by atoms with Crippen LogP contribution in [0, 0.1) is 6.92 Å². The molecule has 184 valence electrons. The molecule has 1 heterocycles. The third-order valence-electron chi connectivity index (χ3n) is 4.96. The largest absolute Gasteiger partial charge is 0.495 e. The Labute approximate surface area is 198 Å². The molecule has 0 spiro atoms. The molecular weight excluding hydrogens is 481 g/mol. The molecule has 2 aromatic carbocycles. The summed E-state index contributed by atoms with van der Waals surface area (Å²) in [5.41, 5.74) is 0.851. The maximum absolute atomic E-state index is 13.7. The minimum Gasteiger partial charge on any atom is -0.495 e. The fourth-order valence-electron chi connectivity index (χ4n) is 3.50. The minimum atomic E-state index is -4.38. The molecule has 3 N–H and O–H groups in total. The van der Waals surface area contributed by atoms with Gasteiger partial charge in [-0.05, 0) is 49.9 Å². The molecule has 3 aromatic rings. The van der Waals surface area contributed by atoms with Gasteiger partial charge < -0.3 is 18.8 Å². The van der Waals surface area contributed by atoms with E-state index in [1.165, 1.54) is 19.2 Å². The predicted molar refractivity (Wildman–Crippen MR) is 132 cm³/mol. The summed E-state index contributed by atoms with van der Waals surface area (Å²) >= 11 is 0. The lowest BCUT2D eigenvalue weighted by atomic mass is 10.1. The number of aryl methyl sites for hydroxylation is 1. The van der Waals surface area contributed by atoms with Gasteiger partial charge in [-0.3, -0.25) is 14.1 Å². The third kappa shape index (κ3) is 5.68. The molecule has 0 fully saturated rings. The second-order valence-electron chi connectivity index (χ2n) is 7.29. The summed E-state index contributed by atoms with van der Waals surface area (Å²) in [6.45, 7) is 4.97. The van der Waals surface area contributed by atoms with Crippen LogP contribution in [-0.2, 0) is 23.8 Å². The van der Waals surface area contributed by atoms with Crippen molar-refractivity contribution >= 4 is 34.4 Å². The lowest BCUT2D eigenvalue weighted by Gasteiger charge is -2.27. The highest BCUT2D eigenvalue weighted by Crippen LogP contribution is 2.59. The van der Waals surface area contributed by atoms with Crippen molar-refractivity contribution in [2.24, 2.45) is 0 Å². The lowest BCUT2D eigenvalue weighted by Crippen LogP contribution is -2.37. The molecule has 12 heteroatoms. The second kappa shape index (κ2) is 10.7. The average molecular weight is 510 g/mol. The number of rotatable bonds is 11. The number of para-hydroxylation sites is 3. The Kier molecular flexibility index (Phi) is 8.17. The molecule has 0 aliphatic carbocycles. The lowest BCUT2D eigenvalue weighted by molar-refractivity contribution is 0.210. The Bertz CT molecular complexity index is 1360. The summed E-state index contributed by atoms with van der Waals surface area (Å²) in [6.07, 6.45) is 0. The molecule has 0 aliphatic rings.